The van der Waals surface area contributed by atoms with Gasteiger partial charge in [-0.2, -0.15) is 33.7 Å². The van der Waals surface area contributed by atoms with Crippen molar-refractivity contribution in [2.45, 2.75) is 60.1 Å². The molecule has 14 nitrogen and oxygen atoms in total. The second kappa shape index (κ2) is 15.8. The smallest absolute Gasteiger partial charge is 0.343 e. The van der Waals surface area contributed by atoms with Gasteiger partial charge in [-0.25, -0.2) is 0 Å². The normalized spacial score (nSPS) is 11.9. The molecule has 2 N–H and O–H groups in total. The van der Waals surface area contributed by atoms with Crippen LogP contribution in [0.1, 0.15) is 37.8 Å². The molecule has 0 spiro atoms. The topological polar surface area (TPSA) is 217 Å². The second-order valence-electron chi connectivity index (χ2n) is 10.1. The number of hydrogen-bond acceptors (Lipinski definition) is 13. The Bertz CT molecular complexity index is 2240. The molecule has 0 aliphatic heterocycles. The van der Waals surface area contributed by atoms with Crippen molar-refractivity contribution in [3.05, 3.63) is 102 Å². The Kier molecular flexibility index (Phi) is 12.6. The molecule has 0 saturated carbocycles. The number of benzene rings is 4. The fraction of sp³-hybridized carbons (Fsp3) is 0.194. The van der Waals surface area contributed by atoms with E-state index in [9.17, 15) is 38.2 Å². The van der Waals surface area contributed by atoms with Gasteiger partial charge in [0.25, 0.3) is 10.1 Å². The maximum absolute atomic E-state index is 13.4. The van der Waals surface area contributed by atoms with E-state index in [4.69, 9.17) is 17.8 Å². The Morgan fingerprint density at radius 1 is 0.592 bits per heavy atom. The summed E-state index contributed by atoms with van der Waals surface area (Å²) in [5.41, 5.74) is 2.36. The molecule has 0 heterocycles. The van der Waals surface area contributed by atoms with Gasteiger partial charge in [0.05, 0.1) is 5.71 Å². The average molecular weight is 756 g/mol. The minimum atomic E-state index is -5.18. The first kappa shape index (κ1) is 39.0. The molecule has 4 aromatic rings. The van der Waals surface area contributed by atoms with Crippen LogP contribution in [0.4, 0.5) is 0 Å². The summed E-state index contributed by atoms with van der Waals surface area (Å²) >= 11 is 0. The van der Waals surface area contributed by atoms with Crippen LogP contribution in [-0.2, 0) is 40.5 Å². The third kappa shape index (κ3) is 10.5. The van der Waals surface area contributed by atoms with Gasteiger partial charge < -0.3 is 17.8 Å². The number of para-hydroxylation sites is 1. The van der Waals surface area contributed by atoms with Gasteiger partial charge in [-0.05, 0) is 75.2 Å². The first-order valence-electron chi connectivity index (χ1n) is 14.2. The Morgan fingerprint density at radius 3 is 1.49 bits per heavy atom. The molecule has 0 aliphatic carbocycles. The van der Waals surface area contributed by atoms with Crippen LogP contribution < -0.4 is 12.5 Å². The van der Waals surface area contributed by atoms with E-state index in [0.717, 1.165) is 53.9 Å². The van der Waals surface area contributed by atoms with Gasteiger partial charge in [-0.15, -0.1) is 0 Å². The predicted octanol–water partition coefficient (Wildman–Crippen LogP) is 5.49. The van der Waals surface area contributed by atoms with E-state index >= 15 is 0 Å². The lowest BCUT2D eigenvalue weighted by atomic mass is 10.2. The summed E-state index contributed by atoms with van der Waals surface area (Å²) in [6, 6.07) is 17.6. The zero-order valence-electron chi connectivity index (χ0n) is 26.5. The molecular weight excluding hydrogens is 723 g/mol. The van der Waals surface area contributed by atoms with E-state index in [1.807, 2.05) is 13.8 Å². The van der Waals surface area contributed by atoms with Gasteiger partial charge in [-0.1, -0.05) is 66.5 Å². The van der Waals surface area contributed by atoms with Crippen molar-refractivity contribution in [3.63, 3.8) is 0 Å². The monoisotopic (exact) mass is 755 g/mol. The molecule has 0 aromatic heterocycles. The highest BCUT2D eigenvalue weighted by Crippen LogP contribution is 2.35. The van der Waals surface area contributed by atoms with Crippen molar-refractivity contribution >= 4 is 46.2 Å². The molecule has 0 amide bonds. The first-order chi connectivity index (χ1) is 22.8. The Morgan fingerprint density at radius 2 is 1.04 bits per heavy atom. The van der Waals surface area contributed by atoms with Gasteiger partial charge in [0, 0.05) is 6.07 Å². The van der Waals surface area contributed by atoms with Crippen molar-refractivity contribution < 1.29 is 56.0 Å². The summed E-state index contributed by atoms with van der Waals surface area (Å²) in [5, 5.41) is 11.2. The SMILES string of the molecule is CCC(CC)=NO.Cc1ccc(S(=O)(=O)Oc2ccc(OS(=O)(=O)c3ccc(C)cc3)c(S(=O)(=O)Oc3ccccc3S(=O)(=O)O)c2)cc1. The summed E-state index contributed by atoms with van der Waals surface area (Å²) in [7, 11) is -19.2. The first-order valence-corrected chi connectivity index (χ1v) is 19.9. The number of hydrogen-bond donors (Lipinski definition) is 2. The number of nitrogens with zero attached hydrogens (tertiary/aromatic N) is 1. The lowest BCUT2D eigenvalue weighted by molar-refractivity contribution is 0.316. The van der Waals surface area contributed by atoms with Crippen LogP contribution in [0.25, 0.3) is 0 Å². The highest BCUT2D eigenvalue weighted by Gasteiger charge is 2.30. The van der Waals surface area contributed by atoms with Crippen molar-refractivity contribution in [1.82, 2.24) is 0 Å². The molecule has 18 heteroatoms. The second-order valence-corrected chi connectivity index (χ2v) is 16.1. The fourth-order valence-electron chi connectivity index (χ4n) is 3.84. The zero-order chi connectivity index (χ0) is 36.6. The molecule has 0 bridgehead atoms. The fourth-order valence-corrected chi connectivity index (χ4v) is 7.52. The van der Waals surface area contributed by atoms with E-state index < -0.39 is 67.5 Å². The molecule has 4 aromatic carbocycles. The summed E-state index contributed by atoms with van der Waals surface area (Å²) in [6.45, 7) is 7.39. The van der Waals surface area contributed by atoms with E-state index in [0.29, 0.717) is 6.07 Å². The predicted molar refractivity (Wildman–Crippen MR) is 178 cm³/mol. The summed E-state index contributed by atoms with van der Waals surface area (Å²) < 4.78 is 127. The highest BCUT2D eigenvalue weighted by atomic mass is 32.2. The largest absolute Gasteiger partial charge is 0.411 e. The lowest BCUT2D eigenvalue weighted by Gasteiger charge is -2.15. The van der Waals surface area contributed by atoms with Crippen LogP contribution in [0, 0.1) is 13.8 Å². The van der Waals surface area contributed by atoms with Crippen molar-refractivity contribution in [2.24, 2.45) is 5.16 Å². The van der Waals surface area contributed by atoms with E-state index in [1.165, 1.54) is 60.7 Å². The Labute approximate surface area is 285 Å². The zero-order valence-corrected chi connectivity index (χ0v) is 29.8. The molecule has 0 saturated heterocycles. The number of rotatable bonds is 12. The highest BCUT2D eigenvalue weighted by molar-refractivity contribution is 7.88. The molecule has 4 rings (SSSR count). The minimum absolute atomic E-state index is 0.252. The molecule has 264 valence electrons. The van der Waals surface area contributed by atoms with Crippen molar-refractivity contribution in [3.8, 4) is 17.2 Å². The third-order valence-electron chi connectivity index (χ3n) is 6.49. The van der Waals surface area contributed by atoms with Gasteiger partial charge in [-0.3, -0.25) is 4.55 Å². The summed E-state index contributed by atoms with van der Waals surface area (Å²) in [5.74, 6) is -2.22. The molecule has 0 atom stereocenters. The number of aryl methyl sites for hydroxylation is 2. The lowest BCUT2D eigenvalue weighted by Crippen LogP contribution is -2.17. The van der Waals surface area contributed by atoms with Crippen LogP contribution in [0.3, 0.4) is 0 Å². The number of oxime groups is 1. The van der Waals surface area contributed by atoms with Crippen LogP contribution in [-0.4, -0.2) is 49.1 Å². The molecule has 0 fully saturated rings. The van der Waals surface area contributed by atoms with Crippen molar-refractivity contribution in [1.29, 1.82) is 0 Å². The average Bonchev–Trinajstić information content (AvgIpc) is 3.02. The van der Waals surface area contributed by atoms with Crippen LogP contribution >= 0.6 is 0 Å². The van der Waals surface area contributed by atoms with E-state index in [1.54, 1.807) is 13.8 Å². The maximum atomic E-state index is 13.4. The molecular formula is C31H33NO13S4. The Balaban J connectivity index is 0.000000838. The standard InChI is InChI=1S/C26H22O12S4.C5H11NO/c1-18-7-12-21(13-8-18)40(30,31)36-20-11-16-24(37-41(32,33)22-14-9-19(2)10-15-22)26(17-20)42(34,35)38-23-5-3-4-6-25(23)39(27,28)29;1-3-5(4-2)6-7/h3-17H,1-2H3,(H,27,28,29);7H,3-4H2,1-2H3. The van der Waals surface area contributed by atoms with E-state index in [2.05, 4.69) is 5.16 Å². The summed E-state index contributed by atoms with van der Waals surface area (Å²) in [6.07, 6.45) is 1.71. The van der Waals surface area contributed by atoms with Gasteiger partial charge >= 0.3 is 30.4 Å². The van der Waals surface area contributed by atoms with Crippen LogP contribution in [0.15, 0.2) is 116 Å². The third-order valence-corrected chi connectivity index (χ3v) is 11.2. The van der Waals surface area contributed by atoms with Crippen molar-refractivity contribution in [2.75, 3.05) is 0 Å². The van der Waals surface area contributed by atoms with Gasteiger partial charge in [0.15, 0.2) is 16.4 Å². The maximum Gasteiger partial charge on any atom is 0.343 e. The molecule has 0 unspecified atom stereocenters. The Hall–Kier alpha value is -4.49. The summed E-state index contributed by atoms with van der Waals surface area (Å²) in [4.78, 5) is -2.51. The van der Waals surface area contributed by atoms with Gasteiger partial charge in [0.1, 0.15) is 20.4 Å². The van der Waals surface area contributed by atoms with Gasteiger partial charge in [0.2, 0.25) is 0 Å². The molecule has 0 radical (unpaired) electrons. The minimum Gasteiger partial charge on any atom is -0.411 e. The van der Waals surface area contributed by atoms with Crippen LogP contribution in [0.5, 0.6) is 17.2 Å². The molecule has 49 heavy (non-hydrogen) atoms. The molecule has 0 aliphatic rings. The van der Waals surface area contributed by atoms with Crippen LogP contribution in [0.2, 0.25) is 0 Å². The van der Waals surface area contributed by atoms with E-state index in [-0.39, 0.29) is 9.79 Å². The quantitative estimate of drug-likeness (QED) is 0.0602.